The van der Waals surface area contributed by atoms with E-state index < -0.39 is 17.7 Å². The Hall–Kier alpha value is -4.33. The fourth-order valence-electron chi connectivity index (χ4n) is 4.31. The summed E-state index contributed by atoms with van der Waals surface area (Å²) in [6.45, 7) is 6.62. The molecule has 3 aromatic rings. The average Bonchev–Trinajstić information content (AvgIpc) is 3.13. The Kier molecular flexibility index (Phi) is 7.47. The van der Waals surface area contributed by atoms with Crippen molar-refractivity contribution in [1.29, 1.82) is 0 Å². The molecule has 192 valence electrons. The zero-order valence-electron chi connectivity index (χ0n) is 21.3. The van der Waals surface area contributed by atoms with Gasteiger partial charge in [0, 0.05) is 24.5 Å². The molecule has 4 rings (SSSR count). The number of phenols is 1. The number of pyridine rings is 1. The van der Waals surface area contributed by atoms with Gasteiger partial charge in [-0.05, 0) is 65.9 Å². The zero-order valence-corrected chi connectivity index (χ0v) is 21.3. The van der Waals surface area contributed by atoms with Crippen LogP contribution in [0.4, 0.5) is 0 Å². The van der Waals surface area contributed by atoms with E-state index in [4.69, 9.17) is 9.47 Å². The zero-order chi connectivity index (χ0) is 26.7. The van der Waals surface area contributed by atoms with Gasteiger partial charge in [-0.2, -0.15) is 0 Å². The molecule has 0 aliphatic carbocycles. The van der Waals surface area contributed by atoms with Crippen LogP contribution in [0.25, 0.3) is 5.76 Å². The number of rotatable bonds is 8. The number of aromatic nitrogens is 1. The number of aliphatic hydroxyl groups is 1. The fourth-order valence-corrected chi connectivity index (χ4v) is 4.31. The molecule has 2 heterocycles. The average molecular weight is 503 g/mol. The number of likely N-dealkylation sites (tertiary alicyclic amines) is 1. The summed E-state index contributed by atoms with van der Waals surface area (Å²) < 4.78 is 11.1. The third-order valence-electron chi connectivity index (χ3n) is 6.16. The number of methoxy groups -OCH3 is 1. The van der Waals surface area contributed by atoms with Crippen LogP contribution in [0.1, 0.15) is 42.1 Å². The van der Waals surface area contributed by atoms with Crippen molar-refractivity contribution in [3.63, 3.8) is 0 Å². The van der Waals surface area contributed by atoms with Crippen molar-refractivity contribution >= 4 is 17.4 Å². The molecule has 8 nitrogen and oxygen atoms in total. The maximum Gasteiger partial charge on any atom is 0.295 e. The minimum absolute atomic E-state index is 0.0446. The van der Waals surface area contributed by atoms with E-state index in [-0.39, 0.29) is 29.4 Å². The molecule has 0 bridgehead atoms. The Balaban J connectivity index is 1.82. The molecule has 2 N–H and O–H groups in total. The van der Waals surface area contributed by atoms with E-state index in [1.54, 1.807) is 54.9 Å². The van der Waals surface area contributed by atoms with Crippen molar-refractivity contribution < 1.29 is 29.3 Å². The number of amides is 1. The van der Waals surface area contributed by atoms with Gasteiger partial charge in [-0.15, -0.1) is 0 Å². The Morgan fingerprint density at radius 2 is 1.89 bits per heavy atom. The molecule has 1 fully saturated rings. The molecule has 1 aliphatic heterocycles. The largest absolute Gasteiger partial charge is 0.507 e. The molecule has 1 aromatic heterocycles. The van der Waals surface area contributed by atoms with Crippen molar-refractivity contribution in [2.75, 3.05) is 13.7 Å². The molecule has 0 spiro atoms. The highest BCUT2D eigenvalue weighted by Gasteiger charge is 2.46. The highest BCUT2D eigenvalue weighted by Crippen LogP contribution is 2.42. The smallest absolute Gasteiger partial charge is 0.295 e. The number of ether oxygens (including phenoxy) is 2. The Bertz CT molecular complexity index is 1350. The van der Waals surface area contributed by atoms with Crippen molar-refractivity contribution in [1.82, 2.24) is 9.88 Å². The quantitative estimate of drug-likeness (QED) is 0.260. The van der Waals surface area contributed by atoms with E-state index in [1.807, 2.05) is 6.92 Å². The number of benzene rings is 2. The van der Waals surface area contributed by atoms with Crippen LogP contribution in [0, 0.1) is 12.8 Å². The lowest BCUT2D eigenvalue weighted by Crippen LogP contribution is -2.29. The predicted molar refractivity (Wildman–Crippen MR) is 138 cm³/mol. The highest BCUT2D eigenvalue weighted by molar-refractivity contribution is 6.46. The first kappa shape index (κ1) is 25.8. The first-order chi connectivity index (χ1) is 17.7. The number of carbonyl (C=O) groups is 2. The first-order valence-corrected chi connectivity index (χ1v) is 12.0. The molecular weight excluding hydrogens is 472 g/mol. The molecule has 37 heavy (non-hydrogen) atoms. The van der Waals surface area contributed by atoms with E-state index in [2.05, 4.69) is 18.8 Å². The lowest BCUT2D eigenvalue weighted by molar-refractivity contribution is -0.140. The molecule has 1 aliphatic rings. The lowest BCUT2D eigenvalue weighted by atomic mass is 9.94. The topological polar surface area (TPSA) is 109 Å². The minimum Gasteiger partial charge on any atom is -0.507 e. The summed E-state index contributed by atoms with van der Waals surface area (Å²) >= 11 is 0. The number of carbonyl (C=O) groups excluding carboxylic acids is 2. The molecule has 0 unspecified atom stereocenters. The van der Waals surface area contributed by atoms with E-state index >= 15 is 0 Å². The van der Waals surface area contributed by atoms with Gasteiger partial charge in [0.15, 0.2) is 11.5 Å². The molecule has 1 saturated heterocycles. The van der Waals surface area contributed by atoms with Gasteiger partial charge in [-0.3, -0.25) is 14.6 Å². The monoisotopic (exact) mass is 502 g/mol. The summed E-state index contributed by atoms with van der Waals surface area (Å²) in [7, 11) is 1.41. The normalized spacial score (nSPS) is 16.9. The van der Waals surface area contributed by atoms with Gasteiger partial charge in [0.1, 0.15) is 11.5 Å². The first-order valence-electron chi connectivity index (χ1n) is 12.0. The third-order valence-corrected chi connectivity index (χ3v) is 6.16. The van der Waals surface area contributed by atoms with Gasteiger partial charge >= 0.3 is 0 Å². The summed E-state index contributed by atoms with van der Waals surface area (Å²) in [5.41, 5.74) is 2.37. The molecule has 1 atom stereocenters. The molecule has 0 saturated carbocycles. The summed E-state index contributed by atoms with van der Waals surface area (Å²) in [5.74, 6) is -0.683. The van der Waals surface area contributed by atoms with Crippen LogP contribution in [0.2, 0.25) is 0 Å². The SMILES string of the molecule is COc1cc([C@@H]2/C(=C(\O)c3ccc(OCC(C)C)c(C)c3)C(=O)C(=O)N2Cc2cccnc2)ccc1O. The van der Waals surface area contributed by atoms with Crippen LogP contribution >= 0.6 is 0 Å². The van der Waals surface area contributed by atoms with E-state index in [0.29, 0.717) is 29.4 Å². The van der Waals surface area contributed by atoms with Gasteiger partial charge in [-0.25, -0.2) is 0 Å². The number of phenolic OH excluding ortho intramolecular Hbond substituents is 1. The standard InChI is InChI=1S/C29H30N2O6/c1-17(2)16-37-23-10-8-21(12-18(23)3)27(33)25-26(20-7-9-22(32)24(13-20)36-4)31(29(35)28(25)34)15-19-6-5-11-30-14-19/h5-14,17,26,32-33H,15-16H2,1-4H3/b27-25+/t26-/m1/s1. The van der Waals surface area contributed by atoms with Crippen LogP contribution < -0.4 is 9.47 Å². The molecule has 0 radical (unpaired) electrons. The number of hydrogen-bond donors (Lipinski definition) is 2. The van der Waals surface area contributed by atoms with Crippen molar-refractivity contribution in [3.05, 3.63) is 88.8 Å². The number of Topliss-reactive ketones (excluding diaryl/α,β-unsaturated/α-hetero) is 1. The second-order valence-electron chi connectivity index (χ2n) is 9.40. The van der Waals surface area contributed by atoms with Crippen LogP contribution in [-0.2, 0) is 16.1 Å². The summed E-state index contributed by atoms with van der Waals surface area (Å²) in [5, 5.41) is 21.5. The number of aromatic hydroxyl groups is 1. The van der Waals surface area contributed by atoms with Crippen LogP contribution in [0.15, 0.2) is 66.5 Å². The van der Waals surface area contributed by atoms with Crippen molar-refractivity contribution in [2.45, 2.75) is 33.4 Å². The Morgan fingerprint density at radius 1 is 1.11 bits per heavy atom. The van der Waals surface area contributed by atoms with Gasteiger partial charge in [0.05, 0.1) is 25.3 Å². The number of nitrogens with zero attached hydrogens (tertiary/aromatic N) is 2. The number of ketones is 1. The van der Waals surface area contributed by atoms with Crippen molar-refractivity contribution in [2.24, 2.45) is 5.92 Å². The van der Waals surface area contributed by atoms with E-state index in [9.17, 15) is 19.8 Å². The number of aryl methyl sites for hydroxylation is 1. The molecule has 2 aromatic carbocycles. The Labute approximate surface area is 215 Å². The lowest BCUT2D eigenvalue weighted by Gasteiger charge is -2.26. The molecular formula is C29H30N2O6. The third kappa shape index (κ3) is 5.28. The van der Waals surface area contributed by atoms with Crippen LogP contribution in [-0.4, -0.2) is 45.5 Å². The Morgan fingerprint density at radius 3 is 2.54 bits per heavy atom. The van der Waals surface area contributed by atoms with E-state index in [0.717, 1.165) is 11.1 Å². The van der Waals surface area contributed by atoms with E-state index in [1.165, 1.54) is 18.1 Å². The van der Waals surface area contributed by atoms with Crippen LogP contribution in [0.3, 0.4) is 0 Å². The van der Waals surface area contributed by atoms with Gasteiger partial charge < -0.3 is 24.6 Å². The number of hydrogen-bond acceptors (Lipinski definition) is 7. The fraction of sp³-hybridized carbons (Fsp3) is 0.276. The maximum absolute atomic E-state index is 13.3. The van der Waals surface area contributed by atoms with Gasteiger partial charge in [-0.1, -0.05) is 26.0 Å². The second-order valence-corrected chi connectivity index (χ2v) is 9.40. The summed E-state index contributed by atoms with van der Waals surface area (Å²) in [4.78, 5) is 32.1. The molecule has 8 heteroatoms. The molecule has 1 amide bonds. The van der Waals surface area contributed by atoms with Crippen molar-refractivity contribution in [3.8, 4) is 17.2 Å². The highest BCUT2D eigenvalue weighted by atomic mass is 16.5. The minimum atomic E-state index is -0.910. The van der Waals surface area contributed by atoms with Gasteiger partial charge in [0.2, 0.25) is 0 Å². The van der Waals surface area contributed by atoms with Crippen LogP contribution in [0.5, 0.6) is 17.2 Å². The summed E-state index contributed by atoms with van der Waals surface area (Å²) in [6, 6.07) is 12.4. The maximum atomic E-state index is 13.3. The second kappa shape index (κ2) is 10.7. The number of aliphatic hydroxyl groups excluding tert-OH is 1. The van der Waals surface area contributed by atoms with Gasteiger partial charge in [0.25, 0.3) is 11.7 Å². The predicted octanol–water partition coefficient (Wildman–Crippen LogP) is 4.76. The summed E-state index contributed by atoms with van der Waals surface area (Å²) in [6.07, 6.45) is 3.24.